The Morgan fingerprint density at radius 1 is 0.500 bits per heavy atom. The van der Waals surface area contributed by atoms with Crippen LogP contribution in [0, 0.1) is 0 Å². The van der Waals surface area contributed by atoms with E-state index in [0.29, 0.717) is 0 Å². The molecule has 0 aromatic heterocycles. The first-order valence-corrected chi connectivity index (χ1v) is 11.5. The largest absolute Gasteiger partial charge is 0.481 e. The van der Waals surface area contributed by atoms with Gasteiger partial charge in [0.15, 0.2) is 0 Å². The fraction of sp³-hybridized carbons (Fsp3) is 0.909. The molecule has 2 saturated heterocycles. The highest BCUT2D eigenvalue weighted by Crippen LogP contribution is 2.08. The van der Waals surface area contributed by atoms with Crippen LogP contribution in [0.15, 0.2) is 0 Å². The first-order chi connectivity index (χ1) is 13.6. The summed E-state index contributed by atoms with van der Waals surface area (Å²) in [7, 11) is 0. The van der Waals surface area contributed by atoms with E-state index in [4.69, 9.17) is 10.2 Å². The number of aliphatic carboxylic acids is 2. The standard InChI is InChI=1S/C10H18O4.2C6H13N/c11-9(12)7-5-3-1-2-4-6-8-10(13)14;2*1-2-4-6-7-5-3-1/h1-8H2,(H,11,12)(H,13,14);2*7H,1-6H2. The van der Waals surface area contributed by atoms with Crippen molar-refractivity contribution in [3.8, 4) is 0 Å². The summed E-state index contributed by atoms with van der Waals surface area (Å²) < 4.78 is 0. The van der Waals surface area contributed by atoms with Crippen LogP contribution >= 0.6 is 0 Å². The predicted octanol–water partition coefficient (Wildman–Crippen LogP) is 4.58. The molecule has 4 N–H and O–H groups in total. The van der Waals surface area contributed by atoms with E-state index >= 15 is 0 Å². The summed E-state index contributed by atoms with van der Waals surface area (Å²) in [5, 5.41) is 23.4. The number of rotatable bonds is 9. The minimum absolute atomic E-state index is 0.245. The van der Waals surface area contributed by atoms with Crippen molar-refractivity contribution in [3.05, 3.63) is 0 Å². The molecule has 0 aliphatic carbocycles. The molecule has 28 heavy (non-hydrogen) atoms. The van der Waals surface area contributed by atoms with Crippen molar-refractivity contribution in [2.45, 2.75) is 103 Å². The Balaban J connectivity index is 0.000000431. The third kappa shape index (κ3) is 24.9. The maximum absolute atomic E-state index is 10.1. The summed E-state index contributed by atoms with van der Waals surface area (Å²) in [6.07, 6.45) is 17.1. The number of carbonyl (C=O) groups is 2. The molecule has 2 aliphatic rings. The molecule has 2 fully saturated rings. The minimum atomic E-state index is -0.740. The monoisotopic (exact) mass is 400 g/mol. The Labute approximate surface area is 171 Å². The number of carboxylic acids is 2. The van der Waals surface area contributed by atoms with Crippen molar-refractivity contribution in [3.63, 3.8) is 0 Å². The molecule has 6 nitrogen and oxygen atoms in total. The molecular formula is C22H44N2O4. The molecule has 0 bridgehead atoms. The van der Waals surface area contributed by atoms with Gasteiger partial charge in [-0.25, -0.2) is 0 Å². The van der Waals surface area contributed by atoms with Gasteiger partial charge in [-0.1, -0.05) is 51.4 Å². The van der Waals surface area contributed by atoms with Gasteiger partial charge in [-0.3, -0.25) is 9.59 Å². The van der Waals surface area contributed by atoms with E-state index < -0.39 is 11.9 Å². The zero-order chi connectivity index (χ0) is 20.7. The molecule has 2 heterocycles. The summed E-state index contributed by atoms with van der Waals surface area (Å²) in [6, 6.07) is 0. The number of unbranched alkanes of at least 4 members (excludes halogenated alkanes) is 5. The maximum Gasteiger partial charge on any atom is 0.303 e. The maximum atomic E-state index is 10.1. The van der Waals surface area contributed by atoms with Gasteiger partial charge in [0, 0.05) is 12.8 Å². The normalized spacial score (nSPS) is 17.0. The molecule has 0 atom stereocenters. The van der Waals surface area contributed by atoms with Gasteiger partial charge in [0.1, 0.15) is 0 Å². The number of carboxylic acid groups (broad SMARTS) is 2. The predicted molar refractivity (Wildman–Crippen MR) is 115 cm³/mol. The zero-order valence-electron chi connectivity index (χ0n) is 17.9. The van der Waals surface area contributed by atoms with Crippen molar-refractivity contribution >= 4 is 11.9 Å². The number of nitrogens with one attached hydrogen (secondary N) is 2. The van der Waals surface area contributed by atoms with Crippen molar-refractivity contribution in [2.75, 3.05) is 26.2 Å². The summed E-state index contributed by atoms with van der Waals surface area (Å²) >= 11 is 0. The molecule has 0 aromatic carbocycles. The Morgan fingerprint density at radius 3 is 1.07 bits per heavy atom. The molecule has 166 valence electrons. The summed E-state index contributed by atoms with van der Waals surface area (Å²) in [6.45, 7) is 5.00. The van der Waals surface area contributed by atoms with Gasteiger partial charge < -0.3 is 20.8 Å². The van der Waals surface area contributed by atoms with E-state index in [9.17, 15) is 9.59 Å². The highest BCUT2D eigenvalue weighted by Gasteiger charge is 1.98. The highest BCUT2D eigenvalue weighted by molar-refractivity contribution is 5.66. The third-order valence-corrected chi connectivity index (χ3v) is 4.95. The van der Waals surface area contributed by atoms with Crippen LogP contribution in [0.4, 0.5) is 0 Å². The first-order valence-electron chi connectivity index (χ1n) is 11.5. The van der Waals surface area contributed by atoms with Crippen LogP contribution in [0.5, 0.6) is 0 Å². The molecule has 0 saturated carbocycles. The van der Waals surface area contributed by atoms with Gasteiger partial charge in [-0.15, -0.1) is 0 Å². The van der Waals surface area contributed by atoms with Crippen LogP contribution in [-0.4, -0.2) is 48.3 Å². The summed E-state index contributed by atoms with van der Waals surface area (Å²) in [5.74, 6) is -1.48. The second-order valence-corrected chi connectivity index (χ2v) is 7.74. The zero-order valence-corrected chi connectivity index (χ0v) is 17.9. The average Bonchev–Trinajstić information content (AvgIpc) is 3.14. The van der Waals surface area contributed by atoms with Crippen molar-refractivity contribution in [1.82, 2.24) is 10.6 Å². The van der Waals surface area contributed by atoms with Gasteiger partial charge >= 0.3 is 11.9 Å². The molecule has 0 radical (unpaired) electrons. The topological polar surface area (TPSA) is 98.7 Å². The summed E-state index contributed by atoms with van der Waals surface area (Å²) in [5.41, 5.74) is 0. The van der Waals surface area contributed by atoms with Gasteiger partial charge in [0.2, 0.25) is 0 Å². The molecule has 0 aromatic rings. The lowest BCUT2D eigenvalue weighted by atomic mass is 10.1. The van der Waals surface area contributed by atoms with Gasteiger partial charge in [-0.05, 0) is 64.7 Å². The van der Waals surface area contributed by atoms with Crippen LogP contribution in [0.2, 0.25) is 0 Å². The highest BCUT2D eigenvalue weighted by atomic mass is 16.4. The molecule has 0 amide bonds. The summed E-state index contributed by atoms with van der Waals surface area (Å²) in [4.78, 5) is 20.3. The van der Waals surface area contributed by atoms with Crippen molar-refractivity contribution in [2.24, 2.45) is 0 Å². The lowest BCUT2D eigenvalue weighted by molar-refractivity contribution is -0.138. The van der Waals surface area contributed by atoms with Gasteiger partial charge in [-0.2, -0.15) is 0 Å². The van der Waals surface area contributed by atoms with Crippen LogP contribution in [-0.2, 0) is 9.59 Å². The van der Waals surface area contributed by atoms with Crippen LogP contribution < -0.4 is 10.6 Å². The molecule has 2 aliphatic heterocycles. The molecule has 0 spiro atoms. The van der Waals surface area contributed by atoms with Crippen LogP contribution in [0.25, 0.3) is 0 Å². The number of hydrogen-bond acceptors (Lipinski definition) is 4. The lowest BCUT2D eigenvalue weighted by Gasteiger charge is -1.98. The Bertz CT molecular complexity index is 291. The minimum Gasteiger partial charge on any atom is -0.481 e. The third-order valence-electron chi connectivity index (χ3n) is 4.95. The Kier molecular flexibility index (Phi) is 21.3. The Morgan fingerprint density at radius 2 is 0.786 bits per heavy atom. The van der Waals surface area contributed by atoms with Crippen molar-refractivity contribution in [1.29, 1.82) is 0 Å². The molecular weight excluding hydrogens is 356 g/mol. The first kappa shape index (κ1) is 26.9. The van der Waals surface area contributed by atoms with Gasteiger partial charge in [0.25, 0.3) is 0 Å². The Hall–Kier alpha value is -1.14. The van der Waals surface area contributed by atoms with E-state index in [-0.39, 0.29) is 12.8 Å². The average molecular weight is 401 g/mol. The fourth-order valence-corrected chi connectivity index (χ4v) is 3.22. The van der Waals surface area contributed by atoms with E-state index in [1.54, 1.807) is 0 Å². The van der Waals surface area contributed by atoms with Gasteiger partial charge in [0.05, 0.1) is 0 Å². The second kappa shape index (κ2) is 22.2. The SMILES string of the molecule is C1CCCNCC1.C1CCCNCC1.O=C(O)CCCCCCCCC(=O)O. The van der Waals surface area contributed by atoms with Crippen LogP contribution in [0.1, 0.15) is 103 Å². The molecule has 0 unspecified atom stereocenters. The van der Waals surface area contributed by atoms with E-state index in [1.165, 1.54) is 77.5 Å². The second-order valence-electron chi connectivity index (χ2n) is 7.74. The van der Waals surface area contributed by atoms with Crippen LogP contribution in [0.3, 0.4) is 0 Å². The molecule has 2 rings (SSSR count). The van der Waals surface area contributed by atoms with E-state index in [2.05, 4.69) is 10.6 Å². The van der Waals surface area contributed by atoms with E-state index in [1.807, 2.05) is 0 Å². The number of hydrogen-bond donors (Lipinski definition) is 4. The molecule has 6 heteroatoms. The smallest absolute Gasteiger partial charge is 0.303 e. The lowest BCUT2D eigenvalue weighted by Crippen LogP contribution is -2.12. The quantitative estimate of drug-likeness (QED) is 0.423. The fourth-order valence-electron chi connectivity index (χ4n) is 3.22. The van der Waals surface area contributed by atoms with E-state index in [0.717, 1.165) is 38.5 Å². The van der Waals surface area contributed by atoms with Crippen molar-refractivity contribution < 1.29 is 19.8 Å².